The van der Waals surface area contributed by atoms with Crippen LogP contribution in [-0.2, 0) is 11.4 Å². The maximum absolute atomic E-state index is 11.2. The number of hydrogen-bond donors (Lipinski definition) is 0. The van der Waals surface area contributed by atoms with E-state index in [0.29, 0.717) is 34.4 Å². The molecule has 0 saturated heterocycles. The summed E-state index contributed by atoms with van der Waals surface area (Å²) in [5.74, 6) is 2.34. The van der Waals surface area contributed by atoms with Crippen molar-refractivity contribution in [3.8, 4) is 23.0 Å². The summed E-state index contributed by atoms with van der Waals surface area (Å²) in [7, 11) is 1.55. The molecule has 2 aromatic carbocycles. The van der Waals surface area contributed by atoms with Gasteiger partial charge in [0.1, 0.15) is 18.1 Å². The van der Waals surface area contributed by atoms with Crippen molar-refractivity contribution < 1.29 is 18.7 Å². The summed E-state index contributed by atoms with van der Waals surface area (Å²) >= 11 is 0. The molecule has 142 valence electrons. The zero-order valence-corrected chi connectivity index (χ0v) is 15.8. The molecule has 3 rings (SSSR count). The lowest BCUT2D eigenvalue weighted by Gasteiger charge is -2.11. The molecule has 0 atom stereocenters. The highest BCUT2D eigenvalue weighted by atomic mass is 16.5. The van der Waals surface area contributed by atoms with Crippen LogP contribution in [0.5, 0.6) is 11.5 Å². The number of ether oxygens (including phenoxy) is 2. The van der Waals surface area contributed by atoms with Crippen LogP contribution in [0, 0.1) is 6.92 Å². The normalized spacial score (nSPS) is 11.1. The Morgan fingerprint density at radius 2 is 1.96 bits per heavy atom. The Kier molecular flexibility index (Phi) is 6.07. The van der Waals surface area contributed by atoms with Gasteiger partial charge in [0.25, 0.3) is 0 Å². The van der Waals surface area contributed by atoms with Crippen LogP contribution in [0.4, 0.5) is 0 Å². The molecular weight excluding hydrogens is 354 g/mol. The first-order valence-electron chi connectivity index (χ1n) is 8.77. The number of methoxy groups -OCH3 is 1. The number of rotatable bonds is 8. The number of allylic oxidation sites excluding steroid dienone is 3. The van der Waals surface area contributed by atoms with E-state index in [1.807, 2.05) is 37.3 Å². The molecule has 0 unspecified atom stereocenters. The second kappa shape index (κ2) is 8.86. The molecule has 0 fully saturated rings. The Bertz CT molecular complexity index is 1000. The highest BCUT2D eigenvalue weighted by molar-refractivity contribution is 6.07. The lowest BCUT2D eigenvalue weighted by atomic mass is 10.1. The summed E-state index contributed by atoms with van der Waals surface area (Å²) in [6.45, 7) is 5.72. The smallest absolute Gasteiger partial charge is 0.226 e. The van der Waals surface area contributed by atoms with Crippen LogP contribution < -0.4 is 9.47 Å². The molecule has 28 heavy (non-hydrogen) atoms. The minimum atomic E-state index is 0.237. The summed E-state index contributed by atoms with van der Waals surface area (Å²) in [6, 6.07) is 15.0. The minimum absolute atomic E-state index is 0.237. The highest BCUT2D eigenvalue weighted by Crippen LogP contribution is 2.31. The maximum Gasteiger partial charge on any atom is 0.226 e. The number of nitrogens with zero attached hydrogens (tertiary/aromatic N) is 1. The summed E-state index contributed by atoms with van der Waals surface area (Å²) in [6.07, 6.45) is 3.99. The number of carbonyl (C=O) groups excluding carboxylic acids is 1. The van der Waals surface area contributed by atoms with Crippen molar-refractivity contribution in [3.05, 3.63) is 84.3 Å². The molecular formula is C23H21NO4. The van der Waals surface area contributed by atoms with Gasteiger partial charge in [-0.2, -0.15) is 0 Å². The second-order valence-corrected chi connectivity index (χ2v) is 6.02. The van der Waals surface area contributed by atoms with Crippen LogP contribution in [0.3, 0.4) is 0 Å². The average molecular weight is 375 g/mol. The number of aldehydes is 1. The Morgan fingerprint density at radius 1 is 1.18 bits per heavy atom. The third-order valence-corrected chi connectivity index (χ3v) is 4.20. The number of aromatic nitrogens is 1. The third-order valence-electron chi connectivity index (χ3n) is 4.20. The van der Waals surface area contributed by atoms with Gasteiger partial charge in [0, 0.05) is 11.1 Å². The molecule has 0 aliphatic heterocycles. The van der Waals surface area contributed by atoms with Gasteiger partial charge in [-0.3, -0.25) is 4.79 Å². The Morgan fingerprint density at radius 3 is 2.64 bits per heavy atom. The first kappa shape index (κ1) is 19.2. The van der Waals surface area contributed by atoms with Gasteiger partial charge in [0.2, 0.25) is 5.89 Å². The molecule has 3 aromatic rings. The van der Waals surface area contributed by atoms with Gasteiger partial charge in [-0.05, 0) is 36.8 Å². The largest absolute Gasteiger partial charge is 0.493 e. The second-order valence-electron chi connectivity index (χ2n) is 6.02. The van der Waals surface area contributed by atoms with Crippen molar-refractivity contribution in [1.29, 1.82) is 0 Å². The minimum Gasteiger partial charge on any atom is -0.493 e. The van der Waals surface area contributed by atoms with Crippen LogP contribution in [0.25, 0.3) is 17.0 Å². The summed E-state index contributed by atoms with van der Waals surface area (Å²) in [5.41, 5.74) is 2.86. The average Bonchev–Trinajstić information content (AvgIpc) is 3.11. The quantitative estimate of drug-likeness (QED) is 0.315. The zero-order valence-electron chi connectivity index (χ0n) is 15.8. The first-order chi connectivity index (χ1) is 13.7. The van der Waals surface area contributed by atoms with Gasteiger partial charge in [-0.15, -0.1) is 0 Å². The van der Waals surface area contributed by atoms with Crippen molar-refractivity contribution in [3.63, 3.8) is 0 Å². The van der Waals surface area contributed by atoms with Crippen LogP contribution in [-0.4, -0.2) is 18.4 Å². The maximum atomic E-state index is 11.2. The van der Waals surface area contributed by atoms with Gasteiger partial charge in [0.05, 0.1) is 7.11 Å². The number of benzene rings is 2. The molecule has 1 heterocycles. The van der Waals surface area contributed by atoms with E-state index in [4.69, 9.17) is 13.9 Å². The van der Waals surface area contributed by atoms with E-state index in [1.165, 1.54) is 0 Å². The van der Waals surface area contributed by atoms with Gasteiger partial charge in [-0.1, -0.05) is 43.0 Å². The van der Waals surface area contributed by atoms with Crippen molar-refractivity contribution in [2.24, 2.45) is 0 Å². The number of oxazole rings is 1. The lowest BCUT2D eigenvalue weighted by Crippen LogP contribution is -2.00. The fourth-order valence-corrected chi connectivity index (χ4v) is 2.71. The van der Waals surface area contributed by atoms with Gasteiger partial charge in [-0.25, -0.2) is 4.98 Å². The molecule has 0 amide bonds. The Labute approximate surface area is 163 Å². The van der Waals surface area contributed by atoms with Gasteiger partial charge < -0.3 is 13.9 Å². The molecule has 5 nitrogen and oxygen atoms in total. The molecule has 0 bridgehead atoms. The molecule has 0 aliphatic carbocycles. The van der Waals surface area contributed by atoms with E-state index in [0.717, 1.165) is 17.4 Å². The van der Waals surface area contributed by atoms with E-state index in [1.54, 1.807) is 37.5 Å². The summed E-state index contributed by atoms with van der Waals surface area (Å²) < 4.78 is 17.1. The van der Waals surface area contributed by atoms with E-state index < -0.39 is 0 Å². The Hall–Kier alpha value is -3.60. The van der Waals surface area contributed by atoms with Crippen LogP contribution in [0.15, 0.2) is 71.7 Å². The van der Waals surface area contributed by atoms with Crippen molar-refractivity contribution >= 4 is 11.9 Å². The molecule has 0 N–H and O–H groups in total. The van der Waals surface area contributed by atoms with Gasteiger partial charge in [0.15, 0.2) is 17.8 Å². The monoisotopic (exact) mass is 375 g/mol. The first-order valence-corrected chi connectivity index (χ1v) is 8.77. The fourth-order valence-electron chi connectivity index (χ4n) is 2.71. The number of carbonyl (C=O) groups is 1. The van der Waals surface area contributed by atoms with E-state index in [-0.39, 0.29) is 6.61 Å². The van der Waals surface area contributed by atoms with Crippen LogP contribution >= 0.6 is 0 Å². The molecule has 0 saturated carbocycles. The van der Waals surface area contributed by atoms with Gasteiger partial charge >= 0.3 is 0 Å². The molecule has 0 radical (unpaired) electrons. The molecule has 0 aliphatic rings. The third kappa shape index (κ3) is 4.20. The standard InChI is InChI=1S/C23H21NO4/c1-4-8-19(14-25)18-11-12-21(22(13-18)26-3)27-15-20-16(2)28-23(24-20)17-9-6-5-7-10-17/h4-14H,1,15H2,2-3H3/b19-8-. The van der Waals surface area contributed by atoms with E-state index in [9.17, 15) is 4.79 Å². The predicted octanol–water partition coefficient (Wildman–Crippen LogP) is 5.01. The predicted molar refractivity (Wildman–Crippen MR) is 108 cm³/mol. The van der Waals surface area contributed by atoms with Crippen molar-refractivity contribution in [1.82, 2.24) is 4.98 Å². The molecule has 0 spiro atoms. The summed E-state index contributed by atoms with van der Waals surface area (Å²) in [5, 5.41) is 0. The van der Waals surface area contributed by atoms with E-state index in [2.05, 4.69) is 11.6 Å². The summed E-state index contributed by atoms with van der Waals surface area (Å²) in [4.78, 5) is 15.8. The van der Waals surface area contributed by atoms with Crippen molar-refractivity contribution in [2.75, 3.05) is 7.11 Å². The Balaban J connectivity index is 1.79. The zero-order chi connectivity index (χ0) is 19.9. The van der Waals surface area contributed by atoms with Crippen LogP contribution in [0.2, 0.25) is 0 Å². The van der Waals surface area contributed by atoms with E-state index >= 15 is 0 Å². The molecule has 1 aromatic heterocycles. The van der Waals surface area contributed by atoms with Crippen LogP contribution in [0.1, 0.15) is 17.0 Å². The lowest BCUT2D eigenvalue weighted by molar-refractivity contribution is -0.103. The SMILES string of the molecule is C=C/C=C(/C=O)c1ccc(OCc2nc(-c3ccccc3)oc2C)c(OC)c1. The number of aryl methyl sites for hydroxylation is 1. The van der Waals surface area contributed by atoms with Crippen molar-refractivity contribution in [2.45, 2.75) is 13.5 Å². The number of hydrogen-bond acceptors (Lipinski definition) is 5. The highest BCUT2D eigenvalue weighted by Gasteiger charge is 2.14. The molecule has 5 heteroatoms. The topological polar surface area (TPSA) is 61.6 Å². The fraction of sp³-hybridized carbons (Fsp3) is 0.130.